The minimum atomic E-state index is 0.972. The van der Waals surface area contributed by atoms with Crippen LogP contribution in [-0.2, 0) is 0 Å². The van der Waals surface area contributed by atoms with Crippen LogP contribution in [0.3, 0.4) is 0 Å². The Morgan fingerprint density at radius 1 is 0.483 bits per heavy atom. The number of fused-ring (bicyclic) bond motifs is 4. The standard InChI is InChI=1S/C15H26.C14H24/c1-2-3-4-5-6-7-8-14-11-13-9-10-15(14)12-13;1-2-3-4-5-6-7-13-10-12-8-9-14(13)11-12/h9-10,13-15H,2-8,11-12H2,1H3;8-9,12-14H,2-7,10-11H2,1H3. The van der Waals surface area contributed by atoms with Gasteiger partial charge in [-0.25, -0.2) is 0 Å². The third-order valence-corrected chi connectivity index (χ3v) is 8.44. The molecule has 4 aliphatic carbocycles. The Balaban J connectivity index is 0.000000166. The van der Waals surface area contributed by atoms with Crippen LogP contribution in [-0.4, -0.2) is 0 Å². The van der Waals surface area contributed by atoms with Gasteiger partial charge in [0.2, 0.25) is 0 Å². The summed E-state index contributed by atoms with van der Waals surface area (Å²) in [5.41, 5.74) is 0. The normalized spacial score (nSPS) is 33.4. The van der Waals surface area contributed by atoms with E-state index >= 15 is 0 Å². The van der Waals surface area contributed by atoms with Crippen LogP contribution in [0.1, 0.15) is 123 Å². The maximum absolute atomic E-state index is 2.50. The van der Waals surface area contributed by atoms with Crippen LogP contribution in [0.5, 0.6) is 0 Å². The minimum absolute atomic E-state index is 0.972. The second-order valence-electron chi connectivity index (χ2n) is 10.8. The van der Waals surface area contributed by atoms with E-state index in [1.165, 1.54) is 109 Å². The van der Waals surface area contributed by atoms with E-state index in [-0.39, 0.29) is 0 Å². The molecule has 0 nitrogen and oxygen atoms in total. The highest BCUT2D eigenvalue weighted by atomic mass is 14.4. The average molecular weight is 399 g/mol. The predicted octanol–water partition coefficient (Wildman–Crippen LogP) is 9.51. The highest BCUT2D eigenvalue weighted by Crippen LogP contribution is 2.46. The van der Waals surface area contributed by atoms with Crippen LogP contribution in [0, 0.1) is 35.5 Å². The zero-order valence-corrected chi connectivity index (χ0v) is 19.8. The lowest BCUT2D eigenvalue weighted by atomic mass is 9.88. The van der Waals surface area contributed by atoms with E-state index in [9.17, 15) is 0 Å². The Bertz CT molecular complexity index is 486. The SMILES string of the molecule is CCCCCCCC1CC2C=CC1C2.CCCCCCCCC1CC2C=CC1C2. The molecule has 6 unspecified atom stereocenters. The van der Waals surface area contributed by atoms with Crippen LogP contribution in [0.4, 0.5) is 0 Å². The van der Waals surface area contributed by atoms with Gasteiger partial charge in [0, 0.05) is 0 Å². The summed E-state index contributed by atoms with van der Waals surface area (Å²) in [6, 6.07) is 0. The van der Waals surface area contributed by atoms with E-state index in [4.69, 9.17) is 0 Å². The van der Waals surface area contributed by atoms with Crippen molar-refractivity contribution < 1.29 is 0 Å². The fourth-order valence-electron chi connectivity index (χ4n) is 6.65. The molecule has 0 radical (unpaired) electrons. The molecule has 0 aromatic heterocycles. The monoisotopic (exact) mass is 398 g/mol. The fourth-order valence-corrected chi connectivity index (χ4v) is 6.65. The summed E-state index contributed by atoms with van der Waals surface area (Å²) in [6.07, 6.45) is 34.9. The molecule has 4 aliphatic rings. The largest absolute Gasteiger partial charge is 0.0851 e. The Morgan fingerprint density at radius 2 is 0.897 bits per heavy atom. The van der Waals surface area contributed by atoms with E-state index in [1.807, 2.05) is 0 Å². The topological polar surface area (TPSA) is 0 Å². The van der Waals surface area contributed by atoms with Crippen molar-refractivity contribution >= 4 is 0 Å². The highest BCUT2D eigenvalue weighted by Gasteiger charge is 2.35. The van der Waals surface area contributed by atoms with Gasteiger partial charge in [0.25, 0.3) is 0 Å². The molecule has 0 spiro atoms. The van der Waals surface area contributed by atoms with Crippen LogP contribution in [0.25, 0.3) is 0 Å². The molecule has 0 aromatic carbocycles. The van der Waals surface area contributed by atoms with E-state index in [0.717, 1.165) is 35.5 Å². The van der Waals surface area contributed by atoms with Crippen molar-refractivity contribution in [1.82, 2.24) is 0 Å². The summed E-state index contributed by atoms with van der Waals surface area (Å²) >= 11 is 0. The van der Waals surface area contributed by atoms with Gasteiger partial charge in [0.1, 0.15) is 0 Å². The summed E-state index contributed by atoms with van der Waals surface area (Å²) in [7, 11) is 0. The fraction of sp³-hybridized carbons (Fsp3) is 0.862. The molecule has 6 atom stereocenters. The minimum Gasteiger partial charge on any atom is -0.0851 e. The van der Waals surface area contributed by atoms with Gasteiger partial charge in [-0.05, 0) is 74.0 Å². The quantitative estimate of drug-likeness (QED) is 0.214. The number of rotatable bonds is 13. The summed E-state index contributed by atoms with van der Waals surface area (Å²) in [4.78, 5) is 0. The Kier molecular flexibility index (Phi) is 10.4. The van der Waals surface area contributed by atoms with Crippen molar-refractivity contribution in [2.45, 2.75) is 123 Å². The van der Waals surface area contributed by atoms with Gasteiger partial charge in [0.15, 0.2) is 0 Å². The number of allylic oxidation sites excluding steroid dienone is 4. The average Bonchev–Trinajstić information content (AvgIpc) is 3.53. The third kappa shape index (κ3) is 7.59. The van der Waals surface area contributed by atoms with E-state index in [0.29, 0.717) is 0 Å². The van der Waals surface area contributed by atoms with E-state index < -0.39 is 0 Å². The first-order chi connectivity index (χ1) is 14.3. The lowest BCUT2D eigenvalue weighted by Gasteiger charge is -2.17. The lowest BCUT2D eigenvalue weighted by molar-refractivity contribution is 0.394. The first-order valence-electron chi connectivity index (χ1n) is 13.7. The first kappa shape index (κ1) is 23.1. The van der Waals surface area contributed by atoms with Crippen LogP contribution in [0.15, 0.2) is 24.3 Å². The van der Waals surface area contributed by atoms with Gasteiger partial charge < -0.3 is 0 Å². The Labute approximate surface area is 183 Å². The summed E-state index contributed by atoms with van der Waals surface area (Å²) < 4.78 is 0. The second-order valence-corrected chi connectivity index (χ2v) is 10.8. The molecular weight excluding hydrogens is 348 g/mol. The van der Waals surface area contributed by atoms with Gasteiger partial charge in [0.05, 0.1) is 0 Å². The van der Waals surface area contributed by atoms with Gasteiger partial charge in [-0.3, -0.25) is 0 Å². The molecule has 4 rings (SSSR count). The summed E-state index contributed by atoms with van der Waals surface area (Å²) in [6.45, 7) is 4.59. The van der Waals surface area contributed by atoms with Crippen molar-refractivity contribution in [3.8, 4) is 0 Å². The molecule has 166 valence electrons. The van der Waals surface area contributed by atoms with Crippen molar-refractivity contribution in [2.75, 3.05) is 0 Å². The van der Waals surface area contributed by atoms with Gasteiger partial charge in [-0.15, -0.1) is 0 Å². The molecule has 2 fully saturated rings. The molecule has 0 N–H and O–H groups in total. The van der Waals surface area contributed by atoms with E-state index in [2.05, 4.69) is 38.2 Å². The van der Waals surface area contributed by atoms with Crippen molar-refractivity contribution in [1.29, 1.82) is 0 Å². The Hall–Kier alpha value is -0.520. The van der Waals surface area contributed by atoms with Crippen LogP contribution < -0.4 is 0 Å². The van der Waals surface area contributed by atoms with E-state index in [1.54, 1.807) is 0 Å². The smallest absolute Gasteiger partial charge is 0.0199 e. The number of hydrogen-bond donors (Lipinski definition) is 0. The zero-order chi connectivity index (χ0) is 20.3. The molecule has 0 saturated heterocycles. The van der Waals surface area contributed by atoms with Crippen molar-refractivity contribution in [2.24, 2.45) is 35.5 Å². The van der Waals surface area contributed by atoms with Gasteiger partial charge in [-0.2, -0.15) is 0 Å². The van der Waals surface area contributed by atoms with Gasteiger partial charge in [-0.1, -0.05) is 109 Å². The molecular formula is C29H50. The highest BCUT2D eigenvalue weighted by molar-refractivity contribution is 5.10. The summed E-state index contributed by atoms with van der Waals surface area (Å²) in [5.74, 6) is 6.02. The predicted molar refractivity (Wildman–Crippen MR) is 129 cm³/mol. The summed E-state index contributed by atoms with van der Waals surface area (Å²) in [5, 5.41) is 0. The van der Waals surface area contributed by atoms with Crippen LogP contribution in [0.2, 0.25) is 0 Å². The molecule has 0 aromatic rings. The third-order valence-electron chi connectivity index (χ3n) is 8.44. The van der Waals surface area contributed by atoms with Crippen molar-refractivity contribution in [3.05, 3.63) is 24.3 Å². The maximum atomic E-state index is 2.50. The molecule has 0 aliphatic heterocycles. The number of unbranched alkanes of at least 4 members (excludes halogenated alkanes) is 9. The zero-order valence-electron chi connectivity index (χ0n) is 19.8. The maximum Gasteiger partial charge on any atom is -0.0199 e. The Morgan fingerprint density at radius 3 is 1.24 bits per heavy atom. The lowest BCUT2D eigenvalue weighted by Crippen LogP contribution is -2.06. The molecule has 2 saturated carbocycles. The molecule has 0 heteroatoms. The second kappa shape index (κ2) is 13.0. The van der Waals surface area contributed by atoms with Crippen LogP contribution >= 0.6 is 0 Å². The number of hydrogen-bond acceptors (Lipinski definition) is 0. The molecule has 4 bridgehead atoms. The first-order valence-corrected chi connectivity index (χ1v) is 13.7. The molecule has 0 amide bonds. The van der Waals surface area contributed by atoms with Crippen molar-refractivity contribution in [3.63, 3.8) is 0 Å². The van der Waals surface area contributed by atoms with Gasteiger partial charge >= 0.3 is 0 Å². The molecule has 29 heavy (non-hydrogen) atoms. The molecule has 0 heterocycles.